The van der Waals surface area contributed by atoms with Gasteiger partial charge in [0.2, 0.25) is 11.5 Å². The van der Waals surface area contributed by atoms with Crippen LogP contribution in [-0.4, -0.2) is 35.2 Å². The Bertz CT molecular complexity index is 804. The van der Waals surface area contributed by atoms with Crippen LogP contribution < -0.4 is 9.47 Å². The summed E-state index contributed by atoms with van der Waals surface area (Å²) in [6.07, 6.45) is 4.08. The van der Waals surface area contributed by atoms with Crippen LogP contribution in [0.15, 0.2) is 22.7 Å². The Labute approximate surface area is 144 Å². The van der Waals surface area contributed by atoms with Crippen LogP contribution in [0.25, 0.3) is 0 Å². The summed E-state index contributed by atoms with van der Waals surface area (Å²) in [4.78, 5) is 24.3. The van der Waals surface area contributed by atoms with Gasteiger partial charge in [0.25, 0.3) is 0 Å². The Hall–Kier alpha value is -2.83. The largest absolute Gasteiger partial charge is 0.497 e. The average molecular weight is 345 g/mol. The smallest absolute Gasteiger partial charge is 0.358 e. The summed E-state index contributed by atoms with van der Waals surface area (Å²) < 4.78 is 16.1. The number of hydrogen-bond donors (Lipinski definition) is 1. The zero-order valence-electron chi connectivity index (χ0n) is 14.1. The van der Waals surface area contributed by atoms with Gasteiger partial charge in [-0.3, -0.25) is 4.79 Å². The highest BCUT2D eigenvalue weighted by atomic mass is 16.5. The number of carbonyl (C=O) groups excluding carboxylic acids is 1. The molecular weight excluding hydrogens is 326 g/mol. The lowest BCUT2D eigenvalue weighted by molar-refractivity contribution is 0.0682. The quantitative estimate of drug-likeness (QED) is 0.802. The van der Waals surface area contributed by atoms with Crippen LogP contribution in [0, 0.1) is 6.92 Å². The number of aromatic nitrogens is 1. The van der Waals surface area contributed by atoms with Gasteiger partial charge in [-0.1, -0.05) is 5.16 Å². The van der Waals surface area contributed by atoms with E-state index >= 15 is 0 Å². The molecule has 0 radical (unpaired) electrons. The minimum absolute atomic E-state index is 0.0428. The predicted octanol–water partition coefficient (Wildman–Crippen LogP) is 3.24. The summed E-state index contributed by atoms with van der Waals surface area (Å²) in [5.41, 5.74) is -0.194. The molecule has 7 nitrogen and oxygen atoms in total. The monoisotopic (exact) mass is 345 g/mol. The third-order valence-corrected chi connectivity index (χ3v) is 4.32. The maximum atomic E-state index is 13.0. The predicted molar refractivity (Wildman–Crippen MR) is 87.5 cm³/mol. The minimum Gasteiger partial charge on any atom is -0.497 e. The highest BCUT2D eigenvalue weighted by Crippen LogP contribution is 2.32. The number of carboxylic acids is 1. The fourth-order valence-electron chi connectivity index (χ4n) is 3.02. The normalized spacial score (nSPS) is 14.5. The fraction of sp³-hybridized carbons (Fsp3) is 0.389. The van der Waals surface area contributed by atoms with Gasteiger partial charge in [0.15, 0.2) is 0 Å². The lowest BCUT2D eigenvalue weighted by Crippen LogP contribution is -2.15. The van der Waals surface area contributed by atoms with Gasteiger partial charge in [0.05, 0.1) is 18.8 Å². The van der Waals surface area contributed by atoms with Crippen molar-refractivity contribution in [2.45, 2.75) is 38.7 Å². The molecule has 1 aromatic carbocycles. The third-order valence-electron chi connectivity index (χ3n) is 4.32. The summed E-state index contributed by atoms with van der Waals surface area (Å²) in [5, 5.41) is 12.7. The number of ketones is 1. The van der Waals surface area contributed by atoms with Crippen molar-refractivity contribution in [1.29, 1.82) is 0 Å². The van der Waals surface area contributed by atoms with Gasteiger partial charge in [-0.2, -0.15) is 0 Å². The van der Waals surface area contributed by atoms with Gasteiger partial charge >= 0.3 is 5.97 Å². The van der Waals surface area contributed by atoms with Crippen molar-refractivity contribution in [3.05, 3.63) is 40.8 Å². The summed E-state index contributed by atoms with van der Waals surface area (Å²) >= 11 is 0. The molecule has 1 fully saturated rings. The van der Waals surface area contributed by atoms with Crippen molar-refractivity contribution in [2.75, 3.05) is 7.11 Å². The number of aryl methyl sites for hydroxylation is 1. The van der Waals surface area contributed by atoms with E-state index in [0.717, 1.165) is 25.7 Å². The third kappa shape index (κ3) is 3.35. The average Bonchev–Trinajstić information content (AvgIpc) is 3.23. The van der Waals surface area contributed by atoms with Crippen molar-refractivity contribution in [3.63, 3.8) is 0 Å². The van der Waals surface area contributed by atoms with E-state index in [0.29, 0.717) is 11.5 Å². The molecule has 0 atom stereocenters. The number of benzene rings is 1. The van der Waals surface area contributed by atoms with Crippen molar-refractivity contribution in [1.82, 2.24) is 5.16 Å². The highest BCUT2D eigenvalue weighted by molar-refractivity contribution is 6.15. The van der Waals surface area contributed by atoms with Crippen LogP contribution in [0.1, 0.15) is 57.9 Å². The van der Waals surface area contributed by atoms with E-state index in [4.69, 9.17) is 14.0 Å². The van der Waals surface area contributed by atoms with E-state index in [1.165, 1.54) is 14.0 Å². The first-order valence-corrected chi connectivity index (χ1v) is 8.10. The highest BCUT2D eigenvalue weighted by Gasteiger charge is 2.29. The number of aromatic carboxylic acids is 1. The van der Waals surface area contributed by atoms with Crippen LogP contribution in [0.5, 0.6) is 11.5 Å². The number of nitrogens with zero attached hydrogens (tertiary/aromatic N) is 1. The van der Waals surface area contributed by atoms with E-state index in [1.807, 2.05) is 0 Å². The molecule has 1 N–H and O–H groups in total. The molecule has 0 saturated heterocycles. The Balaban J connectivity index is 2.02. The molecule has 1 aliphatic carbocycles. The van der Waals surface area contributed by atoms with Gasteiger partial charge in [-0.25, -0.2) is 4.79 Å². The summed E-state index contributed by atoms with van der Waals surface area (Å²) in [6.45, 7) is 1.51. The van der Waals surface area contributed by atoms with Crippen LogP contribution >= 0.6 is 0 Å². The first-order valence-electron chi connectivity index (χ1n) is 8.10. The van der Waals surface area contributed by atoms with Gasteiger partial charge in [-0.05, 0) is 44.7 Å². The molecule has 2 aromatic rings. The number of rotatable bonds is 6. The maximum Gasteiger partial charge on any atom is 0.358 e. The number of hydrogen-bond acceptors (Lipinski definition) is 6. The van der Waals surface area contributed by atoms with Crippen LogP contribution in [0.4, 0.5) is 0 Å². The topological polar surface area (TPSA) is 98.9 Å². The first kappa shape index (κ1) is 17.0. The Kier molecular flexibility index (Phi) is 4.74. The Morgan fingerprint density at radius 1 is 1.28 bits per heavy atom. The van der Waals surface area contributed by atoms with Crippen molar-refractivity contribution >= 4 is 11.8 Å². The van der Waals surface area contributed by atoms with E-state index in [1.54, 1.807) is 18.2 Å². The molecule has 0 bridgehead atoms. The number of carboxylic acid groups (broad SMARTS) is 1. The van der Waals surface area contributed by atoms with E-state index in [9.17, 15) is 14.7 Å². The molecule has 25 heavy (non-hydrogen) atoms. The van der Waals surface area contributed by atoms with Crippen molar-refractivity contribution < 1.29 is 28.7 Å². The lowest BCUT2D eigenvalue weighted by atomic mass is 10.0. The summed E-state index contributed by atoms with van der Waals surface area (Å²) in [5.74, 6) is -0.706. The minimum atomic E-state index is -1.31. The van der Waals surface area contributed by atoms with Crippen LogP contribution in [0.3, 0.4) is 0 Å². The molecule has 0 aliphatic heterocycles. The zero-order chi connectivity index (χ0) is 18.0. The molecule has 132 valence electrons. The number of ether oxygens (including phenoxy) is 2. The molecule has 1 saturated carbocycles. The SMILES string of the molecule is COc1ccc(C(=O)c2c(C(=O)O)noc2C)c(OC2CCCC2)c1. The molecule has 0 spiro atoms. The Morgan fingerprint density at radius 2 is 2.00 bits per heavy atom. The lowest BCUT2D eigenvalue weighted by Gasteiger charge is -2.17. The first-order chi connectivity index (χ1) is 12.0. The van der Waals surface area contributed by atoms with Crippen LogP contribution in [-0.2, 0) is 0 Å². The molecule has 3 rings (SSSR count). The Morgan fingerprint density at radius 3 is 2.64 bits per heavy atom. The van der Waals surface area contributed by atoms with Gasteiger partial charge in [0.1, 0.15) is 22.8 Å². The second-order valence-electron chi connectivity index (χ2n) is 5.98. The molecule has 1 heterocycles. The molecular formula is C18H19NO6. The standard InChI is InChI=1S/C18H19NO6/c1-10-15(16(18(21)22)19-25-10)17(20)13-8-7-12(23-2)9-14(13)24-11-5-3-4-6-11/h7-9,11H,3-6H2,1-2H3,(H,21,22). The van der Waals surface area contributed by atoms with Gasteiger partial charge < -0.3 is 19.1 Å². The molecule has 1 aromatic heterocycles. The van der Waals surface area contributed by atoms with Crippen molar-refractivity contribution in [2.24, 2.45) is 0 Å². The second kappa shape index (κ2) is 6.96. The van der Waals surface area contributed by atoms with Crippen LogP contribution in [0.2, 0.25) is 0 Å². The van der Waals surface area contributed by atoms with Gasteiger partial charge in [0, 0.05) is 6.07 Å². The zero-order valence-corrected chi connectivity index (χ0v) is 14.1. The molecule has 7 heteroatoms. The second-order valence-corrected chi connectivity index (χ2v) is 5.98. The maximum absolute atomic E-state index is 13.0. The number of methoxy groups -OCH3 is 1. The van der Waals surface area contributed by atoms with E-state index in [2.05, 4.69) is 5.16 Å². The molecule has 0 unspecified atom stereocenters. The van der Waals surface area contributed by atoms with Crippen molar-refractivity contribution in [3.8, 4) is 11.5 Å². The van der Waals surface area contributed by atoms with E-state index in [-0.39, 0.29) is 23.0 Å². The van der Waals surface area contributed by atoms with E-state index < -0.39 is 17.4 Å². The van der Waals surface area contributed by atoms with Gasteiger partial charge in [-0.15, -0.1) is 0 Å². The summed E-state index contributed by atoms with van der Waals surface area (Å²) in [6, 6.07) is 4.86. The fourth-order valence-corrected chi connectivity index (χ4v) is 3.02. The molecule has 0 amide bonds. The number of carbonyl (C=O) groups is 2. The summed E-state index contributed by atoms with van der Waals surface area (Å²) in [7, 11) is 1.53. The molecule has 1 aliphatic rings.